The van der Waals surface area contributed by atoms with Gasteiger partial charge in [0, 0.05) is 11.7 Å². The molecule has 2 N–H and O–H groups in total. The lowest BCUT2D eigenvalue weighted by atomic mass is 10.2. The second-order valence-corrected chi connectivity index (χ2v) is 3.16. The van der Waals surface area contributed by atoms with Gasteiger partial charge in [-0.3, -0.25) is 5.14 Å². The van der Waals surface area contributed by atoms with Gasteiger partial charge in [0.15, 0.2) is 5.82 Å². The summed E-state index contributed by atoms with van der Waals surface area (Å²) in [5.41, 5.74) is 0. The van der Waals surface area contributed by atoms with Gasteiger partial charge in [-0.25, -0.2) is 14.4 Å². The molecule has 3 nitrogen and oxygen atoms in total. The van der Waals surface area contributed by atoms with Crippen LogP contribution in [0.25, 0.3) is 0 Å². The highest BCUT2D eigenvalue weighted by molar-refractivity contribution is 7.97. The topological polar surface area (TPSA) is 51.8 Å². The Morgan fingerprint density at radius 2 is 2.17 bits per heavy atom. The van der Waals surface area contributed by atoms with Gasteiger partial charge in [0.1, 0.15) is 5.82 Å². The number of rotatable bonds is 3. The Balaban J connectivity index is 2.68. The SMILES string of the molecule is C[C@@H](CSN)c1ncc(F)cn1. The van der Waals surface area contributed by atoms with E-state index in [4.69, 9.17) is 5.14 Å². The van der Waals surface area contributed by atoms with E-state index in [2.05, 4.69) is 9.97 Å². The average Bonchev–Trinajstić information content (AvgIpc) is 2.06. The molecular weight excluding hydrogens is 177 g/mol. The van der Waals surface area contributed by atoms with E-state index in [1.54, 1.807) is 0 Å². The highest BCUT2D eigenvalue weighted by Crippen LogP contribution is 2.12. The van der Waals surface area contributed by atoms with E-state index in [9.17, 15) is 4.39 Å². The fourth-order valence-corrected chi connectivity index (χ4v) is 1.23. The summed E-state index contributed by atoms with van der Waals surface area (Å²) in [5.74, 6) is 1.13. The summed E-state index contributed by atoms with van der Waals surface area (Å²) < 4.78 is 12.4. The van der Waals surface area contributed by atoms with E-state index in [0.717, 1.165) is 5.75 Å². The van der Waals surface area contributed by atoms with Gasteiger partial charge in [0.25, 0.3) is 0 Å². The Morgan fingerprint density at radius 3 is 2.67 bits per heavy atom. The standard InChI is InChI=1S/C7H10FN3S/c1-5(4-12-9)7-10-2-6(8)3-11-7/h2-3,5H,4,9H2,1H3/t5-/m0/s1. The van der Waals surface area contributed by atoms with Crippen LogP contribution < -0.4 is 5.14 Å². The number of hydrogen-bond acceptors (Lipinski definition) is 4. The quantitative estimate of drug-likeness (QED) is 0.725. The van der Waals surface area contributed by atoms with Crippen molar-refractivity contribution in [2.75, 3.05) is 5.75 Å². The van der Waals surface area contributed by atoms with Crippen molar-refractivity contribution in [1.82, 2.24) is 9.97 Å². The third kappa shape index (κ3) is 2.42. The maximum absolute atomic E-state index is 12.4. The first kappa shape index (κ1) is 9.41. The third-order valence-corrected chi connectivity index (χ3v) is 2.12. The van der Waals surface area contributed by atoms with Crippen LogP contribution in [0.4, 0.5) is 4.39 Å². The molecule has 0 aromatic carbocycles. The molecule has 0 fully saturated rings. The van der Waals surface area contributed by atoms with Crippen LogP contribution in [0.15, 0.2) is 12.4 Å². The van der Waals surface area contributed by atoms with E-state index in [0.29, 0.717) is 5.82 Å². The van der Waals surface area contributed by atoms with Crippen molar-refractivity contribution < 1.29 is 4.39 Å². The molecule has 12 heavy (non-hydrogen) atoms. The van der Waals surface area contributed by atoms with Crippen LogP contribution in [0.2, 0.25) is 0 Å². The Morgan fingerprint density at radius 1 is 1.58 bits per heavy atom. The molecule has 1 aromatic heterocycles. The second-order valence-electron chi connectivity index (χ2n) is 2.49. The molecule has 0 saturated heterocycles. The molecule has 1 aromatic rings. The van der Waals surface area contributed by atoms with Crippen molar-refractivity contribution in [3.05, 3.63) is 24.0 Å². The normalized spacial score (nSPS) is 12.9. The summed E-state index contributed by atoms with van der Waals surface area (Å²) in [6.45, 7) is 1.95. The zero-order valence-electron chi connectivity index (χ0n) is 6.70. The number of hydrogen-bond donors (Lipinski definition) is 1. The van der Waals surface area contributed by atoms with Crippen molar-refractivity contribution in [2.45, 2.75) is 12.8 Å². The summed E-state index contributed by atoms with van der Waals surface area (Å²) in [6.07, 6.45) is 2.33. The van der Waals surface area contributed by atoms with Gasteiger partial charge >= 0.3 is 0 Å². The highest BCUT2D eigenvalue weighted by Gasteiger charge is 2.07. The Bertz CT molecular complexity index is 239. The van der Waals surface area contributed by atoms with Crippen molar-refractivity contribution in [2.24, 2.45) is 5.14 Å². The zero-order chi connectivity index (χ0) is 8.97. The second kappa shape index (κ2) is 4.37. The van der Waals surface area contributed by atoms with E-state index in [1.807, 2.05) is 6.92 Å². The first-order valence-corrected chi connectivity index (χ1v) is 4.58. The fourth-order valence-electron chi connectivity index (χ4n) is 0.796. The van der Waals surface area contributed by atoms with Gasteiger partial charge in [-0.15, -0.1) is 0 Å². The van der Waals surface area contributed by atoms with E-state index in [1.165, 1.54) is 24.3 Å². The minimum atomic E-state index is -0.411. The molecule has 0 aliphatic rings. The first-order valence-electron chi connectivity index (χ1n) is 3.53. The van der Waals surface area contributed by atoms with Crippen LogP contribution in [0.5, 0.6) is 0 Å². The Kier molecular flexibility index (Phi) is 3.43. The average molecular weight is 187 g/mol. The van der Waals surface area contributed by atoms with Crippen LogP contribution in [-0.4, -0.2) is 15.7 Å². The molecule has 66 valence electrons. The molecule has 0 unspecified atom stereocenters. The van der Waals surface area contributed by atoms with Crippen molar-refractivity contribution >= 4 is 11.9 Å². The van der Waals surface area contributed by atoms with Gasteiger partial charge in [-0.1, -0.05) is 18.9 Å². The molecule has 1 atom stereocenters. The summed E-state index contributed by atoms with van der Waals surface area (Å²) in [5, 5.41) is 5.28. The molecule has 0 spiro atoms. The van der Waals surface area contributed by atoms with Crippen molar-refractivity contribution in [3.63, 3.8) is 0 Å². The van der Waals surface area contributed by atoms with Crippen molar-refractivity contribution in [3.8, 4) is 0 Å². The predicted molar refractivity (Wildman–Crippen MR) is 47.1 cm³/mol. The largest absolute Gasteiger partial charge is 0.278 e. The van der Waals surface area contributed by atoms with E-state index in [-0.39, 0.29) is 5.92 Å². The lowest BCUT2D eigenvalue weighted by Gasteiger charge is -2.06. The lowest BCUT2D eigenvalue weighted by Crippen LogP contribution is -2.04. The van der Waals surface area contributed by atoms with Crippen LogP contribution >= 0.6 is 11.9 Å². The van der Waals surface area contributed by atoms with Crippen LogP contribution in [0, 0.1) is 5.82 Å². The predicted octanol–water partition coefficient (Wildman–Crippen LogP) is 1.33. The summed E-state index contributed by atoms with van der Waals surface area (Å²) in [4.78, 5) is 7.68. The zero-order valence-corrected chi connectivity index (χ0v) is 7.51. The molecule has 0 radical (unpaired) electrons. The summed E-state index contributed by atoms with van der Waals surface area (Å²) >= 11 is 1.24. The monoisotopic (exact) mass is 187 g/mol. The fraction of sp³-hybridized carbons (Fsp3) is 0.429. The summed E-state index contributed by atoms with van der Waals surface area (Å²) in [7, 11) is 0. The third-order valence-electron chi connectivity index (χ3n) is 1.43. The lowest BCUT2D eigenvalue weighted by molar-refractivity contribution is 0.604. The van der Waals surface area contributed by atoms with E-state index < -0.39 is 5.82 Å². The van der Waals surface area contributed by atoms with E-state index >= 15 is 0 Å². The van der Waals surface area contributed by atoms with Crippen LogP contribution in [0.1, 0.15) is 18.7 Å². The number of aromatic nitrogens is 2. The van der Waals surface area contributed by atoms with Gasteiger partial charge in [0.2, 0.25) is 0 Å². The smallest absolute Gasteiger partial charge is 0.159 e. The molecule has 0 saturated carbocycles. The van der Waals surface area contributed by atoms with Gasteiger partial charge in [0.05, 0.1) is 12.4 Å². The molecule has 5 heteroatoms. The molecule has 1 rings (SSSR count). The molecular formula is C7H10FN3S. The number of nitrogens with two attached hydrogens (primary N) is 1. The molecule has 0 amide bonds. The molecule has 0 bridgehead atoms. The maximum Gasteiger partial charge on any atom is 0.159 e. The molecule has 0 aliphatic heterocycles. The van der Waals surface area contributed by atoms with Gasteiger partial charge in [-0.2, -0.15) is 0 Å². The molecule has 0 aliphatic carbocycles. The minimum Gasteiger partial charge on any atom is -0.278 e. The summed E-state index contributed by atoms with van der Waals surface area (Å²) in [6, 6.07) is 0. The molecule has 1 heterocycles. The van der Waals surface area contributed by atoms with Crippen LogP contribution in [0.3, 0.4) is 0 Å². The maximum atomic E-state index is 12.4. The first-order chi connectivity index (χ1) is 5.74. The number of nitrogens with zero attached hydrogens (tertiary/aromatic N) is 2. The van der Waals surface area contributed by atoms with Gasteiger partial charge in [-0.05, 0) is 0 Å². The van der Waals surface area contributed by atoms with Crippen molar-refractivity contribution in [1.29, 1.82) is 0 Å². The highest BCUT2D eigenvalue weighted by atomic mass is 32.2. The van der Waals surface area contributed by atoms with Crippen LogP contribution in [-0.2, 0) is 0 Å². The Hall–Kier alpha value is -0.680. The van der Waals surface area contributed by atoms with Gasteiger partial charge < -0.3 is 0 Å². The Labute approximate surface area is 74.7 Å². The number of halogens is 1. The minimum absolute atomic E-state index is 0.167.